The molecule has 0 saturated heterocycles. The van der Waals surface area contributed by atoms with Crippen LogP contribution < -0.4 is 10.6 Å². The van der Waals surface area contributed by atoms with E-state index >= 15 is 0 Å². The van der Waals surface area contributed by atoms with Crippen molar-refractivity contribution in [2.45, 2.75) is 27.2 Å². The van der Waals surface area contributed by atoms with Gasteiger partial charge in [0.1, 0.15) is 6.42 Å². The molecule has 0 aliphatic heterocycles. The Hall–Kier alpha value is -2.62. The molecule has 4 nitrogen and oxygen atoms in total. The van der Waals surface area contributed by atoms with Gasteiger partial charge in [-0.05, 0) is 44.5 Å². The molecule has 0 fully saturated rings. The molecule has 0 radical (unpaired) electrons. The number of amides is 2. The van der Waals surface area contributed by atoms with Gasteiger partial charge in [-0.3, -0.25) is 9.59 Å². The molecule has 0 aromatic heterocycles. The molecule has 2 rings (SSSR count). The van der Waals surface area contributed by atoms with Gasteiger partial charge < -0.3 is 10.6 Å². The lowest BCUT2D eigenvalue weighted by Crippen LogP contribution is -2.21. The summed E-state index contributed by atoms with van der Waals surface area (Å²) in [6.07, 6.45) is -0.207. The Balaban J connectivity index is 1.91. The van der Waals surface area contributed by atoms with E-state index in [0.29, 0.717) is 5.69 Å². The van der Waals surface area contributed by atoms with Crippen LogP contribution >= 0.6 is 0 Å². The number of hydrogen-bond donors (Lipinski definition) is 2. The van der Waals surface area contributed by atoms with Crippen molar-refractivity contribution in [2.75, 3.05) is 10.6 Å². The second-order valence-corrected chi connectivity index (χ2v) is 5.46. The van der Waals surface area contributed by atoms with Gasteiger partial charge in [-0.25, -0.2) is 0 Å². The maximum Gasteiger partial charge on any atom is 0.233 e. The van der Waals surface area contributed by atoms with E-state index in [2.05, 4.69) is 10.6 Å². The fourth-order valence-corrected chi connectivity index (χ4v) is 2.14. The molecule has 2 N–H and O–H groups in total. The lowest BCUT2D eigenvalue weighted by Gasteiger charge is -2.09. The zero-order valence-electron chi connectivity index (χ0n) is 13.1. The predicted octanol–water partition coefficient (Wildman–Crippen LogP) is 3.58. The minimum atomic E-state index is -0.328. The number of carbonyl (C=O) groups excluding carboxylic acids is 2. The van der Waals surface area contributed by atoms with Crippen LogP contribution in [0.25, 0.3) is 0 Å². The predicted molar refractivity (Wildman–Crippen MR) is 89.0 cm³/mol. The summed E-state index contributed by atoms with van der Waals surface area (Å²) >= 11 is 0. The number of hydrogen-bond acceptors (Lipinski definition) is 2. The molecule has 0 aliphatic rings. The Kier molecular flexibility index (Phi) is 4.94. The van der Waals surface area contributed by atoms with Crippen molar-refractivity contribution < 1.29 is 9.59 Å². The second kappa shape index (κ2) is 6.89. The van der Waals surface area contributed by atoms with Crippen molar-refractivity contribution in [3.05, 3.63) is 59.2 Å². The summed E-state index contributed by atoms with van der Waals surface area (Å²) in [4.78, 5) is 23.8. The second-order valence-electron chi connectivity index (χ2n) is 5.46. The highest BCUT2D eigenvalue weighted by atomic mass is 16.2. The Labute approximate surface area is 130 Å². The van der Waals surface area contributed by atoms with Crippen LogP contribution in [0.4, 0.5) is 11.4 Å². The number of anilines is 2. The Morgan fingerprint density at radius 3 is 2.05 bits per heavy atom. The van der Waals surface area contributed by atoms with Gasteiger partial charge in [0, 0.05) is 11.4 Å². The highest BCUT2D eigenvalue weighted by Gasteiger charge is 2.11. The van der Waals surface area contributed by atoms with Gasteiger partial charge in [0.15, 0.2) is 0 Å². The van der Waals surface area contributed by atoms with Crippen LogP contribution in [0.15, 0.2) is 42.5 Å². The molecule has 0 atom stereocenters. The van der Waals surface area contributed by atoms with E-state index in [1.807, 2.05) is 63.2 Å². The number of carbonyl (C=O) groups is 2. The first-order valence-electron chi connectivity index (χ1n) is 7.17. The number of rotatable bonds is 4. The summed E-state index contributed by atoms with van der Waals surface area (Å²) in [5.74, 6) is -0.650. The van der Waals surface area contributed by atoms with Crippen molar-refractivity contribution in [3.8, 4) is 0 Å². The quantitative estimate of drug-likeness (QED) is 0.847. The average molecular weight is 296 g/mol. The summed E-state index contributed by atoms with van der Waals surface area (Å²) in [7, 11) is 0. The molecule has 0 unspecified atom stereocenters. The molecule has 2 amide bonds. The summed E-state index contributed by atoms with van der Waals surface area (Å²) in [5.41, 5.74) is 4.65. The summed E-state index contributed by atoms with van der Waals surface area (Å²) in [6.45, 7) is 5.89. The fraction of sp³-hybridized carbons (Fsp3) is 0.222. The Bertz CT molecular complexity index is 691. The summed E-state index contributed by atoms with van der Waals surface area (Å²) < 4.78 is 0. The number of nitrogens with one attached hydrogen (secondary N) is 2. The van der Waals surface area contributed by atoms with Gasteiger partial charge in [0.05, 0.1) is 0 Å². The minimum absolute atomic E-state index is 0.207. The molecule has 4 heteroatoms. The third-order valence-electron chi connectivity index (χ3n) is 3.31. The van der Waals surface area contributed by atoms with Gasteiger partial charge in [-0.2, -0.15) is 0 Å². The van der Waals surface area contributed by atoms with Crippen LogP contribution in [-0.2, 0) is 9.59 Å². The monoisotopic (exact) mass is 296 g/mol. The first kappa shape index (κ1) is 15.8. The summed E-state index contributed by atoms with van der Waals surface area (Å²) in [5, 5.41) is 5.47. The lowest BCUT2D eigenvalue weighted by molar-refractivity contribution is -0.123. The third kappa shape index (κ3) is 4.45. The Morgan fingerprint density at radius 1 is 0.818 bits per heavy atom. The van der Waals surface area contributed by atoms with E-state index in [4.69, 9.17) is 0 Å². The van der Waals surface area contributed by atoms with E-state index in [0.717, 1.165) is 22.4 Å². The van der Waals surface area contributed by atoms with E-state index in [-0.39, 0.29) is 18.2 Å². The molecule has 2 aromatic rings. The highest BCUT2D eigenvalue weighted by Crippen LogP contribution is 2.16. The zero-order chi connectivity index (χ0) is 16.1. The van der Waals surface area contributed by atoms with E-state index in [1.54, 1.807) is 0 Å². The van der Waals surface area contributed by atoms with Crippen molar-refractivity contribution in [1.29, 1.82) is 0 Å². The topological polar surface area (TPSA) is 58.2 Å². The fourth-order valence-electron chi connectivity index (χ4n) is 2.14. The SMILES string of the molecule is Cc1ccc(NC(=O)CC(=O)Nc2ccc(C)cc2C)cc1. The molecule has 0 spiro atoms. The number of benzene rings is 2. The molecule has 114 valence electrons. The van der Waals surface area contributed by atoms with Crippen LogP contribution in [0, 0.1) is 20.8 Å². The van der Waals surface area contributed by atoms with Crippen molar-refractivity contribution >= 4 is 23.2 Å². The molecule has 22 heavy (non-hydrogen) atoms. The lowest BCUT2D eigenvalue weighted by atomic mass is 10.1. The molecular formula is C18H20N2O2. The van der Waals surface area contributed by atoms with Crippen molar-refractivity contribution in [3.63, 3.8) is 0 Å². The van der Waals surface area contributed by atoms with Crippen LogP contribution in [0.5, 0.6) is 0 Å². The van der Waals surface area contributed by atoms with Gasteiger partial charge in [-0.15, -0.1) is 0 Å². The maximum absolute atomic E-state index is 11.9. The largest absolute Gasteiger partial charge is 0.326 e. The zero-order valence-corrected chi connectivity index (χ0v) is 13.1. The normalized spacial score (nSPS) is 10.1. The first-order valence-corrected chi connectivity index (χ1v) is 7.17. The van der Waals surface area contributed by atoms with Crippen LogP contribution in [0.2, 0.25) is 0 Å². The molecule has 0 saturated carbocycles. The minimum Gasteiger partial charge on any atom is -0.326 e. The highest BCUT2D eigenvalue weighted by molar-refractivity contribution is 6.08. The van der Waals surface area contributed by atoms with Crippen LogP contribution in [-0.4, -0.2) is 11.8 Å². The third-order valence-corrected chi connectivity index (χ3v) is 3.31. The average Bonchev–Trinajstić information content (AvgIpc) is 2.44. The van der Waals surface area contributed by atoms with Crippen LogP contribution in [0.3, 0.4) is 0 Å². The number of aryl methyl sites for hydroxylation is 3. The molecular weight excluding hydrogens is 276 g/mol. The van der Waals surface area contributed by atoms with E-state index in [1.165, 1.54) is 0 Å². The van der Waals surface area contributed by atoms with Gasteiger partial charge in [0.2, 0.25) is 11.8 Å². The molecule has 0 heterocycles. The molecule has 0 bridgehead atoms. The van der Waals surface area contributed by atoms with Crippen molar-refractivity contribution in [1.82, 2.24) is 0 Å². The molecule has 2 aromatic carbocycles. The van der Waals surface area contributed by atoms with Gasteiger partial charge in [0.25, 0.3) is 0 Å². The van der Waals surface area contributed by atoms with Gasteiger partial charge >= 0.3 is 0 Å². The maximum atomic E-state index is 11.9. The first-order chi connectivity index (χ1) is 10.4. The van der Waals surface area contributed by atoms with Gasteiger partial charge in [-0.1, -0.05) is 35.4 Å². The van der Waals surface area contributed by atoms with E-state index in [9.17, 15) is 9.59 Å². The van der Waals surface area contributed by atoms with Crippen molar-refractivity contribution in [2.24, 2.45) is 0 Å². The summed E-state index contributed by atoms with van der Waals surface area (Å²) in [6, 6.07) is 13.2. The van der Waals surface area contributed by atoms with Crippen LogP contribution in [0.1, 0.15) is 23.1 Å². The standard InChI is InChI=1S/C18H20N2O2/c1-12-4-7-15(8-5-12)19-17(21)11-18(22)20-16-9-6-13(2)10-14(16)3/h4-10H,11H2,1-3H3,(H,19,21)(H,20,22). The van der Waals surface area contributed by atoms with E-state index < -0.39 is 0 Å². The smallest absolute Gasteiger partial charge is 0.233 e. The molecule has 0 aliphatic carbocycles. The Morgan fingerprint density at radius 2 is 1.41 bits per heavy atom.